The number of nitrogens with one attached hydrogen (secondary N) is 3. The van der Waals surface area contributed by atoms with Crippen LogP contribution in [0.2, 0.25) is 0 Å². The number of carboxylic acids is 1. The highest BCUT2D eigenvalue weighted by Crippen LogP contribution is 2.20. The zero-order chi connectivity index (χ0) is 21.1. The molecule has 4 N–H and O–H groups in total. The summed E-state index contributed by atoms with van der Waals surface area (Å²) in [5, 5.41) is 15.2. The van der Waals surface area contributed by atoms with Crippen molar-refractivity contribution in [1.82, 2.24) is 15.6 Å². The Balaban J connectivity index is 2.26. The first-order valence-corrected chi connectivity index (χ1v) is 8.99. The van der Waals surface area contributed by atoms with Crippen molar-refractivity contribution in [2.45, 2.75) is 58.2 Å². The van der Waals surface area contributed by atoms with Gasteiger partial charge in [0.25, 0.3) is 0 Å². The molecule has 2 amide bonds. The van der Waals surface area contributed by atoms with Crippen molar-refractivity contribution in [3.05, 3.63) is 36.0 Å². The third kappa shape index (κ3) is 5.48. The lowest BCUT2D eigenvalue weighted by atomic mass is 10.0. The summed E-state index contributed by atoms with van der Waals surface area (Å²) < 4.78 is 5.25. The van der Waals surface area contributed by atoms with Crippen molar-refractivity contribution >= 4 is 28.9 Å². The lowest BCUT2D eigenvalue weighted by molar-refractivity contribution is -0.146. The van der Waals surface area contributed by atoms with Crippen LogP contribution in [-0.2, 0) is 20.7 Å². The number of aromatic nitrogens is 1. The molecule has 8 heteroatoms. The Bertz CT molecular complexity index is 879. The average molecular weight is 389 g/mol. The molecular formula is C20H27N3O5. The second-order valence-corrected chi connectivity index (χ2v) is 8.18. The molecule has 0 saturated heterocycles. The van der Waals surface area contributed by atoms with E-state index in [4.69, 9.17) is 4.74 Å². The minimum atomic E-state index is -1.48. The third-order valence-corrected chi connectivity index (χ3v) is 4.08. The fourth-order valence-corrected chi connectivity index (χ4v) is 2.63. The highest BCUT2D eigenvalue weighted by molar-refractivity contribution is 5.92. The van der Waals surface area contributed by atoms with Gasteiger partial charge in [-0.15, -0.1) is 0 Å². The first-order chi connectivity index (χ1) is 12.9. The summed E-state index contributed by atoms with van der Waals surface area (Å²) in [6.45, 7) is 7.91. The predicted octanol–water partition coefficient (Wildman–Crippen LogP) is 2.58. The molecule has 0 radical (unpaired) electrons. The van der Waals surface area contributed by atoms with Crippen molar-refractivity contribution in [3.63, 3.8) is 0 Å². The van der Waals surface area contributed by atoms with Gasteiger partial charge in [-0.25, -0.2) is 9.59 Å². The van der Waals surface area contributed by atoms with E-state index in [2.05, 4.69) is 15.6 Å². The Hall–Kier alpha value is -3.03. The number of aromatic amines is 1. The van der Waals surface area contributed by atoms with Gasteiger partial charge < -0.3 is 25.5 Å². The Labute approximate surface area is 163 Å². The fourth-order valence-electron chi connectivity index (χ4n) is 2.63. The number of para-hydroxylation sites is 1. The number of ether oxygens (including phenoxy) is 1. The number of H-pyrrole nitrogens is 1. The molecule has 0 spiro atoms. The number of carbonyl (C=O) groups excluding carboxylic acids is 2. The second kappa shape index (κ2) is 7.92. The summed E-state index contributed by atoms with van der Waals surface area (Å²) >= 11 is 0. The monoisotopic (exact) mass is 389 g/mol. The molecule has 2 aromatic rings. The van der Waals surface area contributed by atoms with E-state index in [9.17, 15) is 19.5 Å². The van der Waals surface area contributed by atoms with Gasteiger partial charge in [-0.2, -0.15) is 0 Å². The van der Waals surface area contributed by atoms with Crippen molar-refractivity contribution in [2.75, 3.05) is 0 Å². The fraction of sp³-hybridized carbons (Fsp3) is 0.450. The van der Waals surface area contributed by atoms with Crippen LogP contribution in [0.15, 0.2) is 30.5 Å². The molecule has 1 atom stereocenters. The minimum absolute atomic E-state index is 0.171. The summed E-state index contributed by atoms with van der Waals surface area (Å²) in [5.41, 5.74) is -0.489. The maximum atomic E-state index is 12.8. The van der Waals surface area contributed by atoms with Crippen LogP contribution in [-0.4, -0.2) is 45.2 Å². The lowest BCUT2D eigenvalue weighted by Gasteiger charge is -2.27. The predicted molar refractivity (Wildman–Crippen MR) is 105 cm³/mol. The molecule has 1 unspecified atom stereocenters. The van der Waals surface area contributed by atoms with E-state index in [-0.39, 0.29) is 6.42 Å². The number of alkyl carbamates (subject to hydrolysis) is 1. The SMILES string of the molecule is CC(C)(C)OC(=O)NC(Cc1c[nH]c2ccccc12)C(=O)NC(C)(C)C(=O)O. The van der Waals surface area contributed by atoms with Gasteiger partial charge in [0.1, 0.15) is 17.2 Å². The Kier molecular flexibility index (Phi) is 6.01. The van der Waals surface area contributed by atoms with Crippen molar-refractivity contribution < 1.29 is 24.2 Å². The molecule has 0 fully saturated rings. The number of amides is 2. The smallest absolute Gasteiger partial charge is 0.408 e. The van der Waals surface area contributed by atoms with Crippen LogP contribution in [0.5, 0.6) is 0 Å². The van der Waals surface area contributed by atoms with E-state index in [1.807, 2.05) is 24.3 Å². The number of carboxylic acid groups (broad SMARTS) is 1. The van der Waals surface area contributed by atoms with E-state index >= 15 is 0 Å². The van der Waals surface area contributed by atoms with E-state index < -0.39 is 35.2 Å². The molecule has 1 aromatic carbocycles. The molecule has 2 rings (SSSR count). The normalized spacial score (nSPS) is 13.0. The molecule has 0 aliphatic carbocycles. The Morgan fingerprint density at radius 1 is 1.14 bits per heavy atom. The average Bonchev–Trinajstić information content (AvgIpc) is 2.95. The van der Waals surface area contributed by atoms with E-state index in [0.29, 0.717) is 0 Å². The van der Waals surface area contributed by atoms with Gasteiger partial charge in [-0.3, -0.25) is 4.79 Å². The summed E-state index contributed by atoms with van der Waals surface area (Å²) in [6, 6.07) is 6.57. The van der Waals surface area contributed by atoms with Crippen LogP contribution in [0.25, 0.3) is 10.9 Å². The molecule has 0 aliphatic rings. The minimum Gasteiger partial charge on any atom is -0.480 e. The van der Waals surface area contributed by atoms with Crippen LogP contribution in [0.3, 0.4) is 0 Å². The molecular weight excluding hydrogens is 362 g/mol. The maximum absolute atomic E-state index is 12.8. The number of benzene rings is 1. The van der Waals surface area contributed by atoms with E-state index in [1.165, 1.54) is 13.8 Å². The summed E-state index contributed by atoms with van der Waals surface area (Å²) in [6.07, 6.45) is 1.19. The first kappa shape index (κ1) is 21.3. The Morgan fingerprint density at radius 3 is 2.39 bits per heavy atom. The molecule has 0 bridgehead atoms. The van der Waals surface area contributed by atoms with Crippen molar-refractivity contribution in [2.24, 2.45) is 0 Å². The quantitative estimate of drug-likeness (QED) is 0.605. The summed E-state index contributed by atoms with van der Waals surface area (Å²) in [5.74, 6) is -1.78. The number of carbonyl (C=O) groups is 3. The zero-order valence-corrected chi connectivity index (χ0v) is 16.8. The summed E-state index contributed by atoms with van der Waals surface area (Å²) in [7, 11) is 0. The van der Waals surface area contributed by atoms with Gasteiger partial charge >= 0.3 is 12.1 Å². The van der Waals surface area contributed by atoms with E-state index in [1.54, 1.807) is 27.0 Å². The number of hydrogen-bond acceptors (Lipinski definition) is 4. The number of rotatable bonds is 6. The molecule has 0 aliphatic heterocycles. The molecule has 1 heterocycles. The van der Waals surface area contributed by atoms with Crippen LogP contribution in [0.1, 0.15) is 40.2 Å². The van der Waals surface area contributed by atoms with Crippen molar-refractivity contribution in [1.29, 1.82) is 0 Å². The van der Waals surface area contributed by atoms with Gasteiger partial charge in [-0.05, 0) is 46.2 Å². The van der Waals surface area contributed by atoms with Crippen molar-refractivity contribution in [3.8, 4) is 0 Å². The molecule has 0 saturated carbocycles. The van der Waals surface area contributed by atoms with Gasteiger partial charge in [0, 0.05) is 23.5 Å². The van der Waals surface area contributed by atoms with E-state index in [0.717, 1.165) is 16.5 Å². The zero-order valence-electron chi connectivity index (χ0n) is 16.8. The van der Waals surface area contributed by atoms with Gasteiger partial charge in [-0.1, -0.05) is 18.2 Å². The van der Waals surface area contributed by atoms with Crippen LogP contribution in [0, 0.1) is 0 Å². The second-order valence-electron chi connectivity index (χ2n) is 8.18. The van der Waals surface area contributed by atoms with Gasteiger partial charge in [0.2, 0.25) is 5.91 Å². The summed E-state index contributed by atoms with van der Waals surface area (Å²) in [4.78, 5) is 39.5. The molecule has 28 heavy (non-hydrogen) atoms. The highest BCUT2D eigenvalue weighted by atomic mass is 16.6. The van der Waals surface area contributed by atoms with Crippen LogP contribution >= 0.6 is 0 Å². The number of aliphatic carboxylic acids is 1. The van der Waals surface area contributed by atoms with Gasteiger partial charge in [0.15, 0.2) is 0 Å². The third-order valence-electron chi connectivity index (χ3n) is 4.08. The maximum Gasteiger partial charge on any atom is 0.408 e. The van der Waals surface area contributed by atoms with Crippen LogP contribution in [0.4, 0.5) is 4.79 Å². The molecule has 8 nitrogen and oxygen atoms in total. The number of hydrogen-bond donors (Lipinski definition) is 4. The van der Waals surface area contributed by atoms with Crippen LogP contribution < -0.4 is 10.6 Å². The largest absolute Gasteiger partial charge is 0.480 e. The number of fused-ring (bicyclic) bond motifs is 1. The molecule has 152 valence electrons. The molecule has 1 aromatic heterocycles. The first-order valence-electron chi connectivity index (χ1n) is 8.99. The topological polar surface area (TPSA) is 121 Å². The highest BCUT2D eigenvalue weighted by Gasteiger charge is 2.33. The Morgan fingerprint density at radius 2 is 1.79 bits per heavy atom. The standard InChI is InChI=1S/C20H27N3O5/c1-19(2,3)28-18(27)22-15(16(24)23-20(4,5)17(25)26)10-12-11-21-14-9-7-6-8-13(12)14/h6-9,11,15,21H,10H2,1-5H3,(H,22,27)(H,23,24)(H,25,26). The van der Waals surface area contributed by atoms with Gasteiger partial charge in [0.05, 0.1) is 0 Å². The lowest BCUT2D eigenvalue weighted by Crippen LogP contribution is -2.57.